The number of carbonyl (C=O) groups is 1. The van der Waals surface area contributed by atoms with E-state index < -0.39 is 55.0 Å². The first-order valence-corrected chi connectivity index (χ1v) is 10.00. The number of hydrogen-bond acceptors (Lipinski definition) is 6. The Balaban J connectivity index is 1.82. The quantitative estimate of drug-likeness (QED) is 0.433. The molecule has 32 heavy (non-hydrogen) atoms. The lowest BCUT2D eigenvalue weighted by Crippen LogP contribution is -2.19. The molecular weight excluding hydrogens is 464 g/mol. The van der Waals surface area contributed by atoms with Gasteiger partial charge < -0.3 is 24.2 Å². The number of carbonyl (C=O) groups excluding carboxylic acids is 1. The van der Waals surface area contributed by atoms with Crippen LogP contribution in [0.2, 0.25) is 0 Å². The van der Waals surface area contributed by atoms with Crippen molar-refractivity contribution in [1.29, 1.82) is 0 Å². The summed E-state index contributed by atoms with van der Waals surface area (Å²) in [6, 6.07) is 6.11. The first kappa shape index (κ1) is 23.4. The van der Waals surface area contributed by atoms with Crippen LogP contribution in [-0.2, 0) is 17.3 Å². The van der Waals surface area contributed by atoms with E-state index in [1.165, 1.54) is 12.3 Å². The lowest BCUT2D eigenvalue weighted by molar-refractivity contribution is -0.333. The van der Waals surface area contributed by atoms with Gasteiger partial charge in [0.15, 0.2) is 5.82 Å². The van der Waals surface area contributed by atoms with E-state index in [1.54, 1.807) is 0 Å². The van der Waals surface area contributed by atoms with Gasteiger partial charge in [0.05, 0.1) is 12.1 Å². The zero-order chi connectivity index (χ0) is 23.7. The summed E-state index contributed by atoms with van der Waals surface area (Å²) >= 11 is 0. The first-order valence-electron chi connectivity index (χ1n) is 8.54. The predicted molar refractivity (Wildman–Crippen MR) is 95.3 cm³/mol. The summed E-state index contributed by atoms with van der Waals surface area (Å²) in [6.45, 7) is -0.481. The van der Waals surface area contributed by atoms with Gasteiger partial charge in [0.2, 0.25) is 0 Å². The molecule has 170 valence electrons. The van der Waals surface area contributed by atoms with Crippen LogP contribution in [-0.4, -0.2) is 15.7 Å². The highest BCUT2D eigenvalue weighted by Crippen LogP contribution is 2.37. The molecule has 8 nitrogen and oxygen atoms in total. The Bertz CT molecular complexity index is 1190. The van der Waals surface area contributed by atoms with Crippen LogP contribution >= 0.6 is 7.82 Å². The van der Waals surface area contributed by atoms with Gasteiger partial charge in [-0.25, -0.2) is 8.78 Å². The SMILES string of the molecule is O=C(Nc1ccn(Cc2ccc(OP(=O)([O-])[O-])cc2C(F)(F)F)n1)c1c(F)cccc1F. The number of amides is 1. The molecular formula is C18H11F5N3O5P-2. The van der Waals surface area contributed by atoms with E-state index in [0.29, 0.717) is 6.07 Å². The summed E-state index contributed by atoms with van der Waals surface area (Å²) in [4.78, 5) is 33.4. The van der Waals surface area contributed by atoms with Gasteiger partial charge >= 0.3 is 6.18 Å². The lowest BCUT2D eigenvalue weighted by Gasteiger charge is -2.29. The Labute approximate surface area is 176 Å². The van der Waals surface area contributed by atoms with Crippen LogP contribution in [0.4, 0.5) is 27.8 Å². The molecule has 1 amide bonds. The molecule has 1 heterocycles. The predicted octanol–water partition coefficient (Wildman–Crippen LogP) is 2.69. The van der Waals surface area contributed by atoms with Crippen LogP contribution in [0.3, 0.4) is 0 Å². The zero-order valence-electron chi connectivity index (χ0n) is 15.6. The second-order valence-corrected chi connectivity index (χ2v) is 7.38. The molecule has 14 heteroatoms. The number of nitrogens with zero attached hydrogens (tertiary/aromatic N) is 2. The molecule has 3 aromatic rings. The van der Waals surface area contributed by atoms with Crippen LogP contribution in [0.15, 0.2) is 48.7 Å². The van der Waals surface area contributed by atoms with E-state index in [4.69, 9.17) is 0 Å². The molecule has 0 radical (unpaired) electrons. The van der Waals surface area contributed by atoms with Crippen molar-refractivity contribution in [3.63, 3.8) is 0 Å². The minimum Gasteiger partial charge on any atom is -0.780 e. The van der Waals surface area contributed by atoms with Gasteiger partial charge in [0.1, 0.15) is 30.8 Å². The molecule has 0 aliphatic rings. The molecule has 0 saturated heterocycles. The van der Waals surface area contributed by atoms with Gasteiger partial charge in [0.25, 0.3) is 5.91 Å². The van der Waals surface area contributed by atoms with Crippen molar-refractivity contribution < 1.29 is 45.6 Å². The van der Waals surface area contributed by atoms with Gasteiger partial charge in [-0.1, -0.05) is 12.1 Å². The molecule has 3 rings (SSSR count). The maximum absolute atomic E-state index is 13.7. The molecule has 0 fully saturated rings. The van der Waals surface area contributed by atoms with Crippen LogP contribution in [0, 0.1) is 11.6 Å². The largest absolute Gasteiger partial charge is 0.780 e. The van der Waals surface area contributed by atoms with E-state index >= 15 is 0 Å². The number of phosphoric acid groups is 1. The zero-order valence-corrected chi connectivity index (χ0v) is 16.5. The van der Waals surface area contributed by atoms with Crippen LogP contribution in [0.1, 0.15) is 21.5 Å². The highest BCUT2D eigenvalue weighted by Gasteiger charge is 2.34. The Morgan fingerprint density at radius 2 is 1.78 bits per heavy atom. The third-order valence-electron chi connectivity index (χ3n) is 4.01. The van der Waals surface area contributed by atoms with Crippen molar-refractivity contribution in [2.45, 2.75) is 12.7 Å². The second-order valence-electron chi connectivity index (χ2n) is 6.30. The van der Waals surface area contributed by atoms with Crippen molar-refractivity contribution in [3.05, 3.63) is 77.0 Å². The highest BCUT2D eigenvalue weighted by atomic mass is 31.2. The minimum atomic E-state index is -5.56. The lowest BCUT2D eigenvalue weighted by atomic mass is 10.1. The van der Waals surface area contributed by atoms with Gasteiger partial charge in [-0.2, -0.15) is 18.3 Å². The van der Waals surface area contributed by atoms with Crippen LogP contribution < -0.4 is 19.6 Å². The monoisotopic (exact) mass is 475 g/mol. The number of rotatable bonds is 6. The topological polar surface area (TPSA) is 119 Å². The van der Waals surface area contributed by atoms with Gasteiger partial charge in [-0.15, -0.1) is 0 Å². The summed E-state index contributed by atoms with van der Waals surface area (Å²) in [5, 5.41) is 5.96. The fraction of sp³-hybridized carbons (Fsp3) is 0.111. The van der Waals surface area contributed by atoms with Crippen molar-refractivity contribution in [3.8, 4) is 5.75 Å². The standard InChI is InChI=1S/C18H13F5N3O5P/c19-13-2-1-3-14(20)16(13)17(27)24-15-6-7-26(25-15)9-10-4-5-11(31-32(28,29)30)8-12(10)18(21,22)23/h1-8H,9H2,(H,24,25,27)(H2,28,29,30)/p-2. The Hall–Kier alpha value is -3.28. The number of aromatic nitrogens is 2. The van der Waals surface area contributed by atoms with Crippen molar-refractivity contribution in [2.75, 3.05) is 5.32 Å². The number of phosphoric ester groups is 1. The van der Waals surface area contributed by atoms with E-state index in [2.05, 4.69) is 14.9 Å². The minimum absolute atomic E-state index is 0.190. The molecule has 0 saturated carbocycles. The molecule has 0 atom stereocenters. The van der Waals surface area contributed by atoms with E-state index in [-0.39, 0.29) is 11.4 Å². The summed E-state index contributed by atoms with van der Waals surface area (Å²) in [7, 11) is -5.56. The Morgan fingerprint density at radius 1 is 1.12 bits per heavy atom. The van der Waals surface area contributed by atoms with Gasteiger partial charge in [0, 0.05) is 12.3 Å². The molecule has 0 unspecified atom stereocenters. The maximum atomic E-state index is 13.7. The molecule has 1 N–H and O–H groups in total. The van der Waals surface area contributed by atoms with Crippen LogP contribution in [0.5, 0.6) is 5.75 Å². The Kier molecular flexibility index (Phi) is 6.35. The molecule has 0 aliphatic carbocycles. The normalized spacial score (nSPS) is 12.0. The Morgan fingerprint density at radius 3 is 2.38 bits per heavy atom. The molecule has 2 aromatic carbocycles. The van der Waals surface area contributed by atoms with Crippen molar-refractivity contribution in [1.82, 2.24) is 9.78 Å². The number of alkyl halides is 3. The van der Waals surface area contributed by atoms with E-state index in [9.17, 15) is 41.1 Å². The summed E-state index contributed by atoms with van der Waals surface area (Å²) in [5.74, 6) is -4.37. The summed E-state index contributed by atoms with van der Waals surface area (Å²) < 4.78 is 83.1. The third kappa shape index (κ3) is 5.69. The smallest absolute Gasteiger partial charge is 0.416 e. The number of halogens is 5. The summed E-state index contributed by atoms with van der Waals surface area (Å²) in [5.41, 5.74) is -2.50. The number of hydrogen-bond donors (Lipinski definition) is 1. The molecule has 0 spiro atoms. The van der Waals surface area contributed by atoms with Crippen LogP contribution in [0.25, 0.3) is 0 Å². The maximum Gasteiger partial charge on any atom is 0.416 e. The molecule has 0 aliphatic heterocycles. The third-order valence-corrected chi connectivity index (χ3v) is 4.44. The van der Waals surface area contributed by atoms with Crippen molar-refractivity contribution in [2.24, 2.45) is 0 Å². The van der Waals surface area contributed by atoms with E-state index in [0.717, 1.165) is 35.0 Å². The number of anilines is 1. The van der Waals surface area contributed by atoms with E-state index in [1.807, 2.05) is 0 Å². The average molecular weight is 475 g/mol. The second kappa shape index (κ2) is 8.69. The fourth-order valence-corrected chi connectivity index (χ4v) is 3.10. The summed E-state index contributed by atoms with van der Waals surface area (Å²) in [6.07, 6.45) is -3.72. The number of nitrogens with one attached hydrogen (secondary N) is 1. The number of benzene rings is 2. The highest BCUT2D eigenvalue weighted by molar-refractivity contribution is 7.43. The van der Waals surface area contributed by atoms with Gasteiger partial charge in [-0.05, 0) is 29.8 Å². The molecule has 1 aromatic heterocycles. The first-order chi connectivity index (χ1) is 14.8. The molecule has 0 bridgehead atoms. The van der Waals surface area contributed by atoms with Gasteiger partial charge in [-0.3, -0.25) is 9.48 Å². The van der Waals surface area contributed by atoms with Crippen molar-refractivity contribution >= 4 is 19.5 Å². The average Bonchev–Trinajstić information content (AvgIpc) is 3.07. The fourth-order valence-electron chi connectivity index (χ4n) is 2.73.